The third kappa shape index (κ3) is 2.61. The zero-order valence-corrected chi connectivity index (χ0v) is 9.57. The molecule has 0 radical (unpaired) electrons. The highest BCUT2D eigenvalue weighted by molar-refractivity contribution is 8.13. The van der Waals surface area contributed by atoms with E-state index in [1.165, 1.54) is 6.07 Å². The van der Waals surface area contributed by atoms with Crippen molar-refractivity contribution >= 4 is 31.3 Å². The zero-order chi connectivity index (χ0) is 11.6. The van der Waals surface area contributed by atoms with E-state index in [4.69, 9.17) is 32.7 Å². The van der Waals surface area contributed by atoms with Crippen LogP contribution in [0.5, 0.6) is 0 Å². The summed E-state index contributed by atoms with van der Waals surface area (Å²) in [5.41, 5.74) is 0.0575. The predicted molar refractivity (Wildman–Crippen MR) is 55.1 cm³/mol. The molecule has 0 amide bonds. The van der Waals surface area contributed by atoms with Gasteiger partial charge in [0, 0.05) is 10.7 Å². The fourth-order valence-electron chi connectivity index (χ4n) is 1.03. The molecule has 0 aromatic heterocycles. The molecule has 80 valence electrons. The highest BCUT2D eigenvalue weighted by Crippen LogP contribution is 2.26. The molecule has 0 aliphatic carbocycles. The van der Waals surface area contributed by atoms with Crippen LogP contribution in [0.1, 0.15) is 11.1 Å². The van der Waals surface area contributed by atoms with Crippen LogP contribution in [0.2, 0.25) is 5.02 Å². The minimum atomic E-state index is -3.99. The van der Waals surface area contributed by atoms with E-state index >= 15 is 0 Å². The van der Waals surface area contributed by atoms with Crippen LogP contribution >= 0.6 is 22.3 Å². The third-order valence-electron chi connectivity index (χ3n) is 1.70. The van der Waals surface area contributed by atoms with Crippen molar-refractivity contribution in [1.82, 2.24) is 0 Å². The van der Waals surface area contributed by atoms with Crippen molar-refractivity contribution in [3.63, 3.8) is 0 Å². The SMILES string of the molecule is N#Cc1cc(S(=O)(=O)Cl)c(CO)cc1Cl. The Bertz CT molecular complexity index is 534. The summed E-state index contributed by atoms with van der Waals surface area (Å²) in [6.07, 6.45) is 0. The lowest BCUT2D eigenvalue weighted by atomic mass is 10.1. The molecular formula is C8H5Cl2NO3S. The number of halogens is 2. The van der Waals surface area contributed by atoms with Gasteiger partial charge in [0.1, 0.15) is 6.07 Å². The van der Waals surface area contributed by atoms with E-state index in [9.17, 15) is 8.42 Å². The molecule has 0 aliphatic heterocycles. The number of nitriles is 1. The van der Waals surface area contributed by atoms with Crippen LogP contribution in [0.3, 0.4) is 0 Å². The lowest BCUT2D eigenvalue weighted by Crippen LogP contribution is -1.99. The monoisotopic (exact) mass is 265 g/mol. The topological polar surface area (TPSA) is 78.2 Å². The van der Waals surface area contributed by atoms with Gasteiger partial charge in [0.05, 0.1) is 22.1 Å². The molecule has 0 saturated carbocycles. The molecule has 15 heavy (non-hydrogen) atoms. The molecule has 0 saturated heterocycles. The molecule has 0 aliphatic rings. The minimum Gasteiger partial charge on any atom is -0.392 e. The third-order valence-corrected chi connectivity index (χ3v) is 3.42. The van der Waals surface area contributed by atoms with Crippen LogP contribution in [-0.2, 0) is 15.7 Å². The summed E-state index contributed by atoms with van der Waals surface area (Å²) in [5.74, 6) is 0. The number of hydrogen-bond donors (Lipinski definition) is 1. The van der Waals surface area contributed by atoms with Gasteiger partial charge in [-0.15, -0.1) is 0 Å². The predicted octanol–water partition coefficient (Wildman–Crippen LogP) is 1.63. The fourth-order valence-corrected chi connectivity index (χ4v) is 2.39. The first-order valence-electron chi connectivity index (χ1n) is 3.68. The second-order valence-electron chi connectivity index (χ2n) is 2.65. The number of aliphatic hydroxyl groups excluding tert-OH is 1. The Kier molecular flexibility index (Phi) is 3.58. The molecule has 1 rings (SSSR count). The molecule has 1 N–H and O–H groups in total. The second-order valence-corrected chi connectivity index (χ2v) is 5.59. The zero-order valence-electron chi connectivity index (χ0n) is 7.24. The number of aliphatic hydroxyl groups is 1. The van der Waals surface area contributed by atoms with Crippen LogP contribution < -0.4 is 0 Å². The van der Waals surface area contributed by atoms with Gasteiger partial charge in [-0.3, -0.25) is 0 Å². The van der Waals surface area contributed by atoms with Gasteiger partial charge in [0.25, 0.3) is 9.05 Å². The molecule has 7 heteroatoms. The normalized spacial score (nSPS) is 11.1. The van der Waals surface area contributed by atoms with Gasteiger partial charge in [-0.25, -0.2) is 8.42 Å². The van der Waals surface area contributed by atoms with Crippen molar-refractivity contribution in [3.8, 4) is 6.07 Å². The van der Waals surface area contributed by atoms with Crippen molar-refractivity contribution in [2.45, 2.75) is 11.5 Å². The lowest BCUT2D eigenvalue weighted by Gasteiger charge is -2.05. The number of nitrogens with zero attached hydrogens (tertiary/aromatic N) is 1. The maximum Gasteiger partial charge on any atom is 0.261 e. The summed E-state index contributed by atoms with van der Waals surface area (Å²) in [4.78, 5) is -0.299. The number of rotatable bonds is 2. The van der Waals surface area contributed by atoms with Crippen LogP contribution in [-0.4, -0.2) is 13.5 Å². The van der Waals surface area contributed by atoms with Gasteiger partial charge in [-0.1, -0.05) is 11.6 Å². The molecule has 1 aromatic carbocycles. The van der Waals surface area contributed by atoms with E-state index in [-0.39, 0.29) is 21.0 Å². The molecule has 4 nitrogen and oxygen atoms in total. The first kappa shape index (κ1) is 12.3. The highest BCUT2D eigenvalue weighted by Gasteiger charge is 2.18. The molecule has 0 unspecified atom stereocenters. The van der Waals surface area contributed by atoms with Crippen LogP contribution in [0.15, 0.2) is 17.0 Å². The van der Waals surface area contributed by atoms with E-state index in [1.807, 2.05) is 0 Å². The van der Waals surface area contributed by atoms with Crippen LogP contribution in [0, 0.1) is 11.3 Å². The molecule has 0 fully saturated rings. The van der Waals surface area contributed by atoms with Crippen LogP contribution in [0.4, 0.5) is 0 Å². The second kappa shape index (κ2) is 4.37. The largest absolute Gasteiger partial charge is 0.392 e. The smallest absolute Gasteiger partial charge is 0.261 e. The summed E-state index contributed by atoms with van der Waals surface area (Å²) in [7, 11) is 1.14. The van der Waals surface area contributed by atoms with Gasteiger partial charge in [0.15, 0.2) is 0 Å². The van der Waals surface area contributed by atoms with E-state index in [0.717, 1.165) is 6.07 Å². The molecule has 0 spiro atoms. The molecule has 0 bridgehead atoms. The fraction of sp³-hybridized carbons (Fsp3) is 0.125. The first-order valence-corrected chi connectivity index (χ1v) is 6.37. The summed E-state index contributed by atoms with van der Waals surface area (Å²) in [6, 6.07) is 3.96. The van der Waals surface area contributed by atoms with Gasteiger partial charge >= 0.3 is 0 Å². The Morgan fingerprint density at radius 1 is 1.47 bits per heavy atom. The van der Waals surface area contributed by atoms with E-state index in [2.05, 4.69) is 0 Å². The van der Waals surface area contributed by atoms with Crippen molar-refractivity contribution in [3.05, 3.63) is 28.3 Å². The van der Waals surface area contributed by atoms with Gasteiger partial charge in [-0.2, -0.15) is 5.26 Å². The standard InChI is InChI=1S/C8H5Cl2NO3S/c9-7-1-6(4-12)8(15(10,13)14)2-5(7)3-11/h1-2,12H,4H2. The average molecular weight is 266 g/mol. The van der Waals surface area contributed by atoms with Crippen molar-refractivity contribution < 1.29 is 13.5 Å². The molecular weight excluding hydrogens is 261 g/mol. The lowest BCUT2D eigenvalue weighted by molar-refractivity contribution is 0.278. The van der Waals surface area contributed by atoms with Crippen molar-refractivity contribution in [2.24, 2.45) is 0 Å². The Balaban J connectivity index is 3.59. The van der Waals surface area contributed by atoms with Gasteiger partial charge in [-0.05, 0) is 17.7 Å². The minimum absolute atomic E-state index is 0.00640. The number of benzene rings is 1. The highest BCUT2D eigenvalue weighted by atomic mass is 35.7. The summed E-state index contributed by atoms with van der Waals surface area (Å²) < 4.78 is 22.2. The number of hydrogen-bond acceptors (Lipinski definition) is 4. The van der Waals surface area contributed by atoms with Gasteiger partial charge < -0.3 is 5.11 Å². The average Bonchev–Trinajstić information content (AvgIpc) is 2.15. The van der Waals surface area contributed by atoms with Crippen molar-refractivity contribution in [1.29, 1.82) is 5.26 Å². The van der Waals surface area contributed by atoms with Crippen molar-refractivity contribution in [2.75, 3.05) is 0 Å². The van der Waals surface area contributed by atoms with Crippen LogP contribution in [0.25, 0.3) is 0 Å². The first-order chi connectivity index (χ1) is 6.90. The summed E-state index contributed by atoms with van der Waals surface area (Å²) in [6.45, 7) is -0.521. The Hall–Kier alpha value is -0.800. The molecule has 0 atom stereocenters. The van der Waals surface area contributed by atoms with E-state index < -0.39 is 15.7 Å². The van der Waals surface area contributed by atoms with E-state index in [0.29, 0.717) is 0 Å². The quantitative estimate of drug-likeness (QED) is 0.825. The Labute approximate surface area is 96.1 Å². The Morgan fingerprint density at radius 3 is 2.47 bits per heavy atom. The maximum absolute atomic E-state index is 11.1. The summed E-state index contributed by atoms with van der Waals surface area (Å²) in [5, 5.41) is 17.6. The summed E-state index contributed by atoms with van der Waals surface area (Å²) >= 11 is 5.66. The molecule has 0 heterocycles. The van der Waals surface area contributed by atoms with E-state index in [1.54, 1.807) is 6.07 Å². The Morgan fingerprint density at radius 2 is 2.07 bits per heavy atom. The van der Waals surface area contributed by atoms with Gasteiger partial charge in [0.2, 0.25) is 0 Å². The maximum atomic E-state index is 11.1. The molecule has 1 aromatic rings.